The minimum Gasteiger partial charge on any atom is -0.479 e. The lowest BCUT2D eigenvalue weighted by atomic mass is 9.99. The van der Waals surface area contributed by atoms with Gasteiger partial charge < -0.3 is 20.1 Å². The lowest BCUT2D eigenvalue weighted by molar-refractivity contribution is -0.139. The summed E-state index contributed by atoms with van der Waals surface area (Å²) >= 11 is 3.44. The van der Waals surface area contributed by atoms with Gasteiger partial charge in [-0.15, -0.1) is 0 Å². The highest BCUT2D eigenvalue weighted by atomic mass is 79.9. The van der Waals surface area contributed by atoms with Crippen LogP contribution in [0.25, 0.3) is 11.1 Å². The van der Waals surface area contributed by atoms with Crippen molar-refractivity contribution < 1.29 is 19.4 Å². The molecule has 0 saturated carbocycles. The number of anilines is 1. The predicted octanol–water partition coefficient (Wildman–Crippen LogP) is 7.06. The van der Waals surface area contributed by atoms with E-state index in [9.17, 15) is 14.7 Å². The van der Waals surface area contributed by atoms with Gasteiger partial charge in [-0.3, -0.25) is 4.79 Å². The quantitative estimate of drug-likeness (QED) is 0.237. The molecule has 6 nitrogen and oxygen atoms in total. The lowest BCUT2D eigenvalue weighted by Crippen LogP contribution is -2.35. The lowest BCUT2D eigenvalue weighted by Gasteiger charge is -2.22. The van der Waals surface area contributed by atoms with Crippen molar-refractivity contribution in [1.82, 2.24) is 5.32 Å². The van der Waals surface area contributed by atoms with Crippen molar-refractivity contribution in [3.63, 3.8) is 0 Å². The van der Waals surface area contributed by atoms with Crippen molar-refractivity contribution in [2.75, 3.05) is 18.0 Å². The first-order chi connectivity index (χ1) is 18.5. The van der Waals surface area contributed by atoms with Crippen LogP contribution in [0.3, 0.4) is 0 Å². The molecule has 1 saturated heterocycles. The Kier molecular flexibility index (Phi) is 7.75. The fraction of sp³-hybridized carbons (Fsp3) is 0.161. The molecule has 1 amide bonds. The first-order valence-corrected chi connectivity index (χ1v) is 13.3. The average molecular weight is 571 g/mol. The van der Waals surface area contributed by atoms with E-state index in [0.29, 0.717) is 16.9 Å². The first-order valence-electron chi connectivity index (χ1n) is 12.5. The highest BCUT2D eigenvalue weighted by molar-refractivity contribution is 9.10. The van der Waals surface area contributed by atoms with E-state index in [0.717, 1.165) is 53.0 Å². The molecule has 1 aliphatic rings. The second kappa shape index (κ2) is 11.5. The topological polar surface area (TPSA) is 78.9 Å². The fourth-order valence-electron chi connectivity index (χ4n) is 4.69. The predicted molar refractivity (Wildman–Crippen MR) is 152 cm³/mol. The van der Waals surface area contributed by atoms with E-state index < -0.39 is 17.9 Å². The number of hydrogen-bond acceptors (Lipinski definition) is 4. The summed E-state index contributed by atoms with van der Waals surface area (Å²) in [6, 6.07) is 28.7. The summed E-state index contributed by atoms with van der Waals surface area (Å²) < 4.78 is 6.85. The number of aliphatic carboxylic acids is 1. The number of carboxylic acid groups (broad SMARTS) is 1. The number of hydrogen-bond donors (Lipinski definition) is 2. The van der Waals surface area contributed by atoms with E-state index in [4.69, 9.17) is 4.74 Å². The van der Waals surface area contributed by atoms with Crippen LogP contribution >= 0.6 is 15.9 Å². The van der Waals surface area contributed by atoms with E-state index in [1.165, 1.54) is 0 Å². The average Bonchev–Trinajstić information content (AvgIpc) is 3.47. The number of benzene rings is 4. The van der Waals surface area contributed by atoms with Crippen LogP contribution in [0.5, 0.6) is 11.5 Å². The summed E-state index contributed by atoms with van der Waals surface area (Å²) in [5, 5.41) is 12.7. The number of amides is 1. The molecule has 0 spiro atoms. The molecule has 1 aliphatic heterocycles. The summed E-state index contributed by atoms with van der Waals surface area (Å²) in [5.41, 5.74) is 3.50. The van der Waals surface area contributed by atoms with Crippen LogP contribution in [0.1, 0.15) is 34.8 Å². The summed E-state index contributed by atoms with van der Waals surface area (Å²) in [6.45, 7) is 1.75. The van der Waals surface area contributed by atoms with Gasteiger partial charge in [0.1, 0.15) is 11.5 Å². The number of para-hydroxylation sites is 2. The Labute approximate surface area is 230 Å². The zero-order valence-electron chi connectivity index (χ0n) is 20.6. The Hall–Kier alpha value is -4.10. The van der Waals surface area contributed by atoms with Crippen molar-refractivity contribution in [2.24, 2.45) is 0 Å². The Morgan fingerprint density at radius 2 is 1.55 bits per heavy atom. The number of rotatable bonds is 8. The standard InChI is InChI=1S/C31H27BrN2O4/c32-23-16-17-27(34-18-6-7-19-34)26(20-23)30(35)33-29(31(36)37)22-14-12-21(13-15-22)25-10-4-5-11-28(25)38-24-8-2-1-3-9-24/h1-5,8-17,20,29H,6-7,18-19H2,(H,33,35)(H,36,37)/t29-/m0/s1. The van der Waals surface area contributed by atoms with Crippen LogP contribution in [0.15, 0.2) is 102 Å². The SMILES string of the molecule is O=C(N[C@H](C(=O)O)c1ccc(-c2ccccc2Oc2ccccc2)cc1)c1cc(Br)ccc1N1CCCC1. The normalized spacial score (nSPS) is 13.7. The number of carbonyl (C=O) groups excluding carboxylic acids is 1. The third kappa shape index (κ3) is 5.73. The molecule has 0 aliphatic carbocycles. The monoisotopic (exact) mass is 570 g/mol. The van der Waals surface area contributed by atoms with Crippen molar-refractivity contribution >= 4 is 33.5 Å². The molecule has 0 unspecified atom stereocenters. The molecule has 0 radical (unpaired) electrons. The van der Waals surface area contributed by atoms with Crippen LogP contribution < -0.4 is 15.0 Å². The molecule has 4 aromatic rings. The Morgan fingerprint density at radius 1 is 0.868 bits per heavy atom. The zero-order valence-corrected chi connectivity index (χ0v) is 22.2. The molecule has 1 atom stereocenters. The molecule has 4 aromatic carbocycles. The van der Waals surface area contributed by atoms with E-state index in [-0.39, 0.29) is 0 Å². The number of nitrogens with one attached hydrogen (secondary N) is 1. The number of halogens is 1. The first kappa shape index (κ1) is 25.5. The maximum absolute atomic E-state index is 13.3. The van der Waals surface area contributed by atoms with Crippen LogP contribution in [0.4, 0.5) is 5.69 Å². The molecule has 1 fully saturated rings. The van der Waals surface area contributed by atoms with Gasteiger partial charge in [0.15, 0.2) is 6.04 Å². The molecule has 0 aromatic heterocycles. The van der Waals surface area contributed by atoms with E-state index >= 15 is 0 Å². The molecular formula is C31H27BrN2O4. The van der Waals surface area contributed by atoms with Gasteiger partial charge >= 0.3 is 5.97 Å². The van der Waals surface area contributed by atoms with Crippen molar-refractivity contribution in [3.8, 4) is 22.6 Å². The van der Waals surface area contributed by atoms with Crippen LogP contribution in [0, 0.1) is 0 Å². The second-order valence-corrected chi connectivity index (χ2v) is 10.0. The smallest absolute Gasteiger partial charge is 0.330 e. The van der Waals surface area contributed by atoms with Gasteiger partial charge in [-0.1, -0.05) is 76.6 Å². The van der Waals surface area contributed by atoms with Crippen molar-refractivity contribution in [1.29, 1.82) is 0 Å². The number of carboxylic acids is 1. The molecule has 192 valence electrons. The van der Waals surface area contributed by atoms with Gasteiger partial charge in [-0.05, 0) is 60.4 Å². The summed E-state index contributed by atoms with van der Waals surface area (Å²) in [4.78, 5) is 27.7. The summed E-state index contributed by atoms with van der Waals surface area (Å²) in [7, 11) is 0. The van der Waals surface area contributed by atoms with Crippen LogP contribution in [0.2, 0.25) is 0 Å². The molecule has 5 rings (SSSR count). The highest BCUT2D eigenvalue weighted by Gasteiger charge is 2.26. The second-order valence-electron chi connectivity index (χ2n) is 9.13. The molecule has 0 bridgehead atoms. The minimum absolute atomic E-state index is 0.425. The highest BCUT2D eigenvalue weighted by Crippen LogP contribution is 2.34. The third-order valence-electron chi connectivity index (χ3n) is 6.59. The Bertz CT molecular complexity index is 1430. The third-order valence-corrected chi connectivity index (χ3v) is 7.08. The van der Waals surface area contributed by atoms with Crippen LogP contribution in [-0.2, 0) is 4.79 Å². The number of ether oxygens (including phenoxy) is 1. The zero-order chi connectivity index (χ0) is 26.5. The van der Waals surface area contributed by atoms with Gasteiger partial charge in [0.2, 0.25) is 0 Å². The minimum atomic E-state index is -1.20. The number of carbonyl (C=O) groups is 2. The van der Waals surface area contributed by atoms with E-state index in [1.54, 1.807) is 18.2 Å². The van der Waals surface area contributed by atoms with E-state index in [1.807, 2.05) is 78.9 Å². The number of nitrogens with zero attached hydrogens (tertiary/aromatic N) is 1. The van der Waals surface area contributed by atoms with Crippen molar-refractivity contribution in [3.05, 3.63) is 113 Å². The molecular weight excluding hydrogens is 544 g/mol. The van der Waals surface area contributed by atoms with Gasteiger partial charge in [0.25, 0.3) is 5.91 Å². The Morgan fingerprint density at radius 3 is 2.26 bits per heavy atom. The van der Waals surface area contributed by atoms with Gasteiger partial charge in [0.05, 0.1) is 5.56 Å². The Balaban J connectivity index is 1.38. The molecule has 7 heteroatoms. The largest absolute Gasteiger partial charge is 0.479 e. The maximum Gasteiger partial charge on any atom is 0.330 e. The summed E-state index contributed by atoms with van der Waals surface area (Å²) in [5.74, 6) is -0.132. The molecule has 1 heterocycles. The maximum atomic E-state index is 13.3. The summed E-state index contributed by atoms with van der Waals surface area (Å²) in [6.07, 6.45) is 2.14. The van der Waals surface area contributed by atoms with Crippen LogP contribution in [-0.4, -0.2) is 30.1 Å². The van der Waals surface area contributed by atoms with Gasteiger partial charge in [-0.25, -0.2) is 4.79 Å². The molecule has 2 N–H and O–H groups in total. The van der Waals surface area contributed by atoms with E-state index in [2.05, 4.69) is 26.1 Å². The fourth-order valence-corrected chi connectivity index (χ4v) is 5.05. The van der Waals surface area contributed by atoms with Gasteiger partial charge in [0, 0.05) is 28.8 Å². The molecule has 38 heavy (non-hydrogen) atoms. The van der Waals surface area contributed by atoms with Crippen molar-refractivity contribution in [2.45, 2.75) is 18.9 Å². The van der Waals surface area contributed by atoms with Gasteiger partial charge in [-0.2, -0.15) is 0 Å².